The minimum Gasteiger partial charge on any atom is -0.493 e. The monoisotopic (exact) mass is 418 g/mol. The number of piperidine rings is 1. The van der Waals surface area contributed by atoms with Gasteiger partial charge >= 0.3 is 0 Å². The number of nitrogens with zero attached hydrogens (tertiary/aromatic N) is 3. The molecule has 2 atom stereocenters. The highest BCUT2D eigenvalue weighted by Gasteiger charge is 2.27. The summed E-state index contributed by atoms with van der Waals surface area (Å²) in [6.45, 7) is 4.52. The highest BCUT2D eigenvalue weighted by Crippen LogP contribution is 2.31. The van der Waals surface area contributed by atoms with Gasteiger partial charge in [0, 0.05) is 25.3 Å². The summed E-state index contributed by atoms with van der Waals surface area (Å²) in [6.07, 6.45) is 1.83. The molecule has 1 amide bonds. The van der Waals surface area contributed by atoms with Crippen LogP contribution in [0, 0.1) is 5.92 Å². The maximum atomic E-state index is 12.5. The van der Waals surface area contributed by atoms with Gasteiger partial charge in [0.15, 0.2) is 11.5 Å². The minimum atomic E-state index is -0.0497. The van der Waals surface area contributed by atoms with Crippen molar-refractivity contribution in [2.75, 3.05) is 41.0 Å². The van der Waals surface area contributed by atoms with E-state index in [-0.39, 0.29) is 17.9 Å². The number of carbonyl (C=O) groups excluding carboxylic acids is 1. The largest absolute Gasteiger partial charge is 0.493 e. The van der Waals surface area contributed by atoms with Gasteiger partial charge in [0.05, 0.1) is 33.3 Å². The molecule has 0 spiro atoms. The Labute approximate surface area is 176 Å². The molecule has 9 heteroatoms. The smallest absolute Gasteiger partial charge is 0.241 e. The van der Waals surface area contributed by atoms with Crippen LogP contribution in [0.15, 0.2) is 22.7 Å². The van der Waals surface area contributed by atoms with Gasteiger partial charge in [0.25, 0.3) is 0 Å². The third-order valence-corrected chi connectivity index (χ3v) is 5.15. The zero-order valence-corrected chi connectivity index (χ0v) is 18.0. The number of carbonyl (C=O) groups is 1. The van der Waals surface area contributed by atoms with Crippen LogP contribution < -0.4 is 14.8 Å². The summed E-state index contributed by atoms with van der Waals surface area (Å²) in [6, 6.07) is 5.48. The van der Waals surface area contributed by atoms with Crippen LogP contribution in [0.3, 0.4) is 0 Å². The van der Waals surface area contributed by atoms with Gasteiger partial charge in [-0.1, -0.05) is 5.16 Å². The van der Waals surface area contributed by atoms with E-state index < -0.39 is 0 Å². The lowest BCUT2D eigenvalue weighted by molar-refractivity contribution is -0.127. The van der Waals surface area contributed by atoms with Gasteiger partial charge in [-0.05, 0) is 44.5 Å². The number of hydrogen-bond acceptors (Lipinski definition) is 8. The Kier molecular flexibility index (Phi) is 7.64. The molecule has 1 aromatic heterocycles. The van der Waals surface area contributed by atoms with Gasteiger partial charge in [-0.15, -0.1) is 0 Å². The molecule has 0 saturated carbocycles. The molecular formula is C21H30N4O5. The number of aromatic nitrogens is 2. The maximum absolute atomic E-state index is 12.5. The van der Waals surface area contributed by atoms with E-state index in [1.165, 1.54) is 0 Å². The molecule has 2 unspecified atom stereocenters. The van der Waals surface area contributed by atoms with E-state index in [0.29, 0.717) is 42.9 Å². The van der Waals surface area contributed by atoms with E-state index in [1.807, 2.05) is 25.1 Å². The van der Waals surface area contributed by atoms with Crippen LogP contribution in [0.25, 0.3) is 11.4 Å². The van der Waals surface area contributed by atoms with Crippen molar-refractivity contribution in [1.29, 1.82) is 0 Å². The zero-order valence-electron chi connectivity index (χ0n) is 18.0. The minimum absolute atomic E-state index is 0.00198. The Morgan fingerprint density at radius 2 is 2.10 bits per heavy atom. The lowest BCUT2D eigenvalue weighted by Gasteiger charge is -2.31. The third-order valence-electron chi connectivity index (χ3n) is 5.15. The average molecular weight is 418 g/mol. The molecule has 1 aliphatic rings. The standard InChI is InChI=1S/C21H30N4O5/c1-14(13-27-2)22-21(26)16-6-5-9-25(11-16)12-19-23-20(24-30-19)15-7-8-17(28-3)18(10-15)29-4/h7-8,10,14,16H,5-6,9,11-13H2,1-4H3,(H,22,26). The highest BCUT2D eigenvalue weighted by atomic mass is 16.5. The molecule has 0 radical (unpaired) electrons. The summed E-state index contributed by atoms with van der Waals surface area (Å²) in [5.41, 5.74) is 0.783. The molecule has 3 rings (SSSR count). The molecule has 2 heterocycles. The average Bonchev–Trinajstić information content (AvgIpc) is 3.22. The molecule has 0 bridgehead atoms. The molecule has 2 aromatic rings. The predicted molar refractivity (Wildman–Crippen MR) is 110 cm³/mol. The molecular weight excluding hydrogens is 388 g/mol. The van der Waals surface area contributed by atoms with Crippen molar-refractivity contribution in [2.45, 2.75) is 32.4 Å². The highest BCUT2D eigenvalue weighted by molar-refractivity contribution is 5.79. The Hall–Kier alpha value is -2.65. The van der Waals surface area contributed by atoms with Gasteiger partial charge in [0.2, 0.25) is 17.6 Å². The van der Waals surface area contributed by atoms with Crippen molar-refractivity contribution in [1.82, 2.24) is 20.4 Å². The number of ether oxygens (including phenoxy) is 3. The van der Waals surface area contributed by atoms with E-state index in [0.717, 1.165) is 24.9 Å². The van der Waals surface area contributed by atoms with E-state index in [1.54, 1.807) is 21.3 Å². The molecule has 1 fully saturated rings. The fourth-order valence-electron chi connectivity index (χ4n) is 3.67. The molecule has 1 saturated heterocycles. The Morgan fingerprint density at radius 1 is 1.30 bits per heavy atom. The van der Waals surface area contributed by atoms with Crippen LogP contribution in [0.1, 0.15) is 25.7 Å². The van der Waals surface area contributed by atoms with Crippen LogP contribution in [0.4, 0.5) is 0 Å². The number of nitrogens with one attached hydrogen (secondary N) is 1. The second kappa shape index (κ2) is 10.4. The summed E-state index contributed by atoms with van der Waals surface area (Å²) in [7, 11) is 4.81. The van der Waals surface area contributed by atoms with Crippen LogP contribution in [0.2, 0.25) is 0 Å². The van der Waals surface area contributed by atoms with Crippen molar-refractivity contribution in [2.24, 2.45) is 5.92 Å². The summed E-state index contributed by atoms with van der Waals surface area (Å²) in [5, 5.41) is 7.11. The van der Waals surface area contributed by atoms with E-state index in [4.69, 9.17) is 18.7 Å². The van der Waals surface area contributed by atoms with Crippen molar-refractivity contribution in [3.05, 3.63) is 24.1 Å². The number of hydrogen-bond donors (Lipinski definition) is 1. The zero-order chi connectivity index (χ0) is 21.5. The fraction of sp³-hybridized carbons (Fsp3) is 0.571. The van der Waals surface area contributed by atoms with Gasteiger partial charge in [-0.25, -0.2) is 0 Å². The SMILES string of the molecule is COCC(C)NC(=O)C1CCCN(Cc2nc(-c3ccc(OC)c(OC)c3)no2)C1. The first-order chi connectivity index (χ1) is 14.5. The topological polar surface area (TPSA) is 99.0 Å². The number of likely N-dealkylation sites (tertiary alicyclic amines) is 1. The Balaban J connectivity index is 1.61. The molecule has 30 heavy (non-hydrogen) atoms. The van der Waals surface area contributed by atoms with Crippen molar-refractivity contribution in [3.8, 4) is 22.9 Å². The van der Waals surface area contributed by atoms with Crippen LogP contribution >= 0.6 is 0 Å². The molecule has 1 aromatic carbocycles. The Morgan fingerprint density at radius 3 is 2.83 bits per heavy atom. The van der Waals surface area contributed by atoms with Crippen molar-refractivity contribution in [3.63, 3.8) is 0 Å². The number of amides is 1. The van der Waals surface area contributed by atoms with Gasteiger partial charge < -0.3 is 24.1 Å². The number of benzene rings is 1. The summed E-state index contributed by atoms with van der Waals surface area (Å²) in [5.74, 6) is 2.28. The van der Waals surface area contributed by atoms with Crippen molar-refractivity contribution < 1.29 is 23.5 Å². The molecule has 1 aliphatic heterocycles. The predicted octanol–water partition coefficient (Wildman–Crippen LogP) is 2.12. The first-order valence-corrected chi connectivity index (χ1v) is 10.1. The molecule has 1 N–H and O–H groups in total. The van der Waals surface area contributed by atoms with E-state index in [9.17, 15) is 4.79 Å². The van der Waals surface area contributed by atoms with Crippen LogP contribution in [0.5, 0.6) is 11.5 Å². The number of rotatable bonds is 9. The van der Waals surface area contributed by atoms with Crippen molar-refractivity contribution >= 4 is 5.91 Å². The lowest BCUT2D eigenvalue weighted by Crippen LogP contribution is -2.46. The summed E-state index contributed by atoms with van der Waals surface area (Å²) >= 11 is 0. The number of methoxy groups -OCH3 is 3. The van der Waals surface area contributed by atoms with Gasteiger partial charge in [-0.3, -0.25) is 9.69 Å². The third kappa shape index (κ3) is 5.48. The fourth-order valence-corrected chi connectivity index (χ4v) is 3.67. The van der Waals surface area contributed by atoms with E-state index in [2.05, 4.69) is 20.4 Å². The second-order valence-electron chi connectivity index (χ2n) is 7.52. The quantitative estimate of drug-likeness (QED) is 0.661. The van der Waals surface area contributed by atoms with Crippen LogP contribution in [-0.2, 0) is 16.1 Å². The van der Waals surface area contributed by atoms with Gasteiger partial charge in [-0.2, -0.15) is 4.98 Å². The lowest BCUT2D eigenvalue weighted by atomic mass is 9.97. The normalized spacial score (nSPS) is 18.1. The molecule has 9 nitrogen and oxygen atoms in total. The Bertz CT molecular complexity index is 841. The molecule has 164 valence electrons. The maximum Gasteiger partial charge on any atom is 0.241 e. The second-order valence-corrected chi connectivity index (χ2v) is 7.52. The van der Waals surface area contributed by atoms with Crippen LogP contribution in [-0.4, -0.2) is 68.0 Å². The molecule has 0 aliphatic carbocycles. The van der Waals surface area contributed by atoms with E-state index >= 15 is 0 Å². The first-order valence-electron chi connectivity index (χ1n) is 10.1. The van der Waals surface area contributed by atoms with Gasteiger partial charge in [0.1, 0.15) is 0 Å². The summed E-state index contributed by atoms with van der Waals surface area (Å²) < 4.78 is 21.1. The summed E-state index contributed by atoms with van der Waals surface area (Å²) in [4.78, 5) is 19.2. The first kappa shape index (κ1) is 22.0.